The Balaban J connectivity index is 1.60. The van der Waals surface area contributed by atoms with Crippen LogP contribution in [0.3, 0.4) is 0 Å². The Kier molecular flexibility index (Phi) is 6.20. The molecule has 0 bridgehead atoms. The molecule has 0 radical (unpaired) electrons. The Labute approximate surface area is 157 Å². The maximum Gasteiger partial charge on any atom is 0.237 e. The second-order valence-corrected chi connectivity index (χ2v) is 7.78. The molecule has 144 valence electrons. The number of rotatable bonds is 5. The number of aryl methyl sites for hydroxylation is 2. The van der Waals surface area contributed by atoms with Crippen LogP contribution in [0.1, 0.15) is 42.4 Å². The minimum atomic E-state index is 0.231. The highest BCUT2D eigenvalue weighted by molar-refractivity contribution is 5.78. The zero-order valence-corrected chi connectivity index (χ0v) is 16.6. The highest BCUT2D eigenvalue weighted by Crippen LogP contribution is 2.29. The van der Waals surface area contributed by atoms with Crippen molar-refractivity contribution in [3.8, 4) is 5.75 Å². The molecule has 1 aromatic rings. The first-order chi connectivity index (χ1) is 12.5. The highest BCUT2D eigenvalue weighted by Gasteiger charge is 2.36. The van der Waals surface area contributed by atoms with Crippen LogP contribution in [0, 0.1) is 13.8 Å². The van der Waals surface area contributed by atoms with E-state index in [4.69, 9.17) is 9.47 Å². The van der Waals surface area contributed by atoms with Crippen molar-refractivity contribution in [1.82, 2.24) is 9.80 Å². The number of ether oxygens (including phenoxy) is 2. The van der Waals surface area contributed by atoms with Gasteiger partial charge >= 0.3 is 0 Å². The molecule has 26 heavy (non-hydrogen) atoms. The third-order valence-corrected chi connectivity index (χ3v) is 5.63. The van der Waals surface area contributed by atoms with E-state index in [1.54, 1.807) is 7.11 Å². The van der Waals surface area contributed by atoms with Crippen LogP contribution in [0.25, 0.3) is 0 Å². The van der Waals surface area contributed by atoms with Crippen LogP contribution in [0.15, 0.2) is 12.1 Å². The molecule has 1 amide bonds. The van der Waals surface area contributed by atoms with Crippen molar-refractivity contribution in [2.45, 2.75) is 58.2 Å². The van der Waals surface area contributed by atoms with Gasteiger partial charge in [0.15, 0.2) is 0 Å². The van der Waals surface area contributed by atoms with Gasteiger partial charge < -0.3 is 14.4 Å². The summed E-state index contributed by atoms with van der Waals surface area (Å²) in [6.07, 6.45) is 4.85. The average molecular weight is 360 g/mol. The maximum atomic E-state index is 12.9. The molecule has 1 heterocycles. The SMILES string of the molecule is COc1c(C)cc(CN(C)CC(=O)N2CCOC3CCCCC32)cc1C. The van der Waals surface area contributed by atoms with Crippen LogP contribution in [-0.4, -0.2) is 61.7 Å². The standard InChI is InChI=1S/C21H32N2O3/c1-15-11-17(12-16(2)21(15)25-4)13-22(3)14-20(24)23-9-10-26-19-8-6-5-7-18(19)23/h11-12,18-19H,5-10,13-14H2,1-4H3. The first kappa shape index (κ1) is 19.2. The first-order valence-corrected chi connectivity index (χ1v) is 9.73. The Hall–Kier alpha value is -1.59. The summed E-state index contributed by atoms with van der Waals surface area (Å²) in [5.41, 5.74) is 3.49. The van der Waals surface area contributed by atoms with Crippen molar-refractivity contribution in [3.05, 3.63) is 28.8 Å². The number of morpholine rings is 1. The number of fused-ring (bicyclic) bond motifs is 1. The van der Waals surface area contributed by atoms with E-state index in [-0.39, 0.29) is 18.1 Å². The molecule has 1 saturated heterocycles. The van der Waals surface area contributed by atoms with E-state index in [2.05, 4.69) is 35.8 Å². The minimum absolute atomic E-state index is 0.231. The summed E-state index contributed by atoms with van der Waals surface area (Å²) in [6, 6.07) is 4.58. The number of likely N-dealkylation sites (N-methyl/N-ethyl adjacent to an activating group) is 1. The Morgan fingerprint density at radius 1 is 1.27 bits per heavy atom. The molecule has 1 aliphatic carbocycles. The van der Waals surface area contributed by atoms with E-state index < -0.39 is 0 Å². The predicted octanol–water partition coefficient (Wildman–Crippen LogP) is 2.91. The number of nitrogens with zero attached hydrogens (tertiary/aromatic N) is 2. The monoisotopic (exact) mass is 360 g/mol. The van der Waals surface area contributed by atoms with Crippen molar-refractivity contribution < 1.29 is 14.3 Å². The molecule has 5 heteroatoms. The summed E-state index contributed by atoms with van der Waals surface area (Å²) in [6.45, 7) is 6.75. The molecule has 0 aromatic heterocycles. The summed E-state index contributed by atoms with van der Waals surface area (Å²) < 4.78 is 11.3. The summed E-state index contributed by atoms with van der Waals surface area (Å²) in [4.78, 5) is 17.1. The summed E-state index contributed by atoms with van der Waals surface area (Å²) >= 11 is 0. The van der Waals surface area contributed by atoms with Gasteiger partial charge in [0, 0.05) is 13.1 Å². The van der Waals surface area contributed by atoms with E-state index >= 15 is 0 Å². The lowest BCUT2D eigenvalue weighted by Crippen LogP contribution is -2.56. The number of hydrogen-bond acceptors (Lipinski definition) is 4. The van der Waals surface area contributed by atoms with Gasteiger partial charge in [-0.1, -0.05) is 25.0 Å². The first-order valence-electron chi connectivity index (χ1n) is 9.73. The lowest BCUT2D eigenvalue weighted by atomic mass is 9.90. The molecule has 1 aliphatic heterocycles. The third kappa shape index (κ3) is 4.21. The van der Waals surface area contributed by atoms with Gasteiger partial charge in [-0.25, -0.2) is 0 Å². The zero-order valence-electron chi connectivity index (χ0n) is 16.6. The maximum absolute atomic E-state index is 12.9. The normalized spacial score (nSPS) is 23.0. The number of carbonyl (C=O) groups is 1. The van der Waals surface area contributed by atoms with Crippen LogP contribution in [0.5, 0.6) is 5.75 Å². The Morgan fingerprint density at radius 3 is 2.65 bits per heavy atom. The van der Waals surface area contributed by atoms with Crippen LogP contribution >= 0.6 is 0 Å². The molecule has 0 spiro atoms. The molecule has 2 unspecified atom stereocenters. The topological polar surface area (TPSA) is 42.0 Å². The molecule has 1 aromatic carbocycles. The second-order valence-electron chi connectivity index (χ2n) is 7.78. The Morgan fingerprint density at radius 2 is 1.96 bits per heavy atom. The third-order valence-electron chi connectivity index (χ3n) is 5.63. The van der Waals surface area contributed by atoms with Crippen molar-refractivity contribution in [2.75, 3.05) is 33.9 Å². The largest absolute Gasteiger partial charge is 0.496 e. The molecule has 3 rings (SSSR count). The van der Waals surface area contributed by atoms with Crippen LogP contribution in [0.4, 0.5) is 0 Å². The van der Waals surface area contributed by atoms with Crippen molar-refractivity contribution in [1.29, 1.82) is 0 Å². The molecular weight excluding hydrogens is 328 g/mol. The van der Waals surface area contributed by atoms with E-state index in [1.807, 2.05) is 7.05 Å². The number of methoxy groups -OCH3 is 1. The molecule has 5 nitrogen and oxygen atoms in total. The van der Waals surface area contributed by atoms with Crippen LogP contribution < -0.4 is 4.74 Å². The highest BCUT2D eigenvalue weighted by atomic mass is 16.5. The molecule has 2 fully saturated rings. The van der Waals surface area contributed by atoms with Gasteiger partial charge in [0.05, 0.1) is 32.4 Å². The smallest absolute Gasteiger partial charge is 0.237 e. The van der Waals surface area contributed by atoms with Gasteiger partial charge in [0.2, 0.25) is 5.91 Å². The fourth-order valence-corrected chi connectivity index (χ4v) is 4.55. The van der Waals surface area contributed by atoms with Gasteiger partial charge in [-0.3, -0.25) is 9.69 Å². The quantitative estimate of drug-likeness (QED) is 0.810. The molecule has 1 saturated carbocycles. The zero-order chi connectivity index (χ0) is 18.7. The van der Waals surface area contributed by atoms with Crippen LogP contribution in [-0.2, 0) is 16.1 Å². The van der Waals surface area contributed by atoms with Crippen molar-refractivity contribution in [3.63, 3.8) is 0 Å². The van der Waals surface area contributed by atoms with E-state index in [1.165, 1.54) is 18.4 Å². The van der Waals surface area contributed by atoms with Gasteiger partial charge in [0.1, 0.15) is 5.75 Å². The Bertz CT molecular complexity index is 621. The molecular formula is C21H32N2O3. The van der Waals surface area contributed by atoms with Gasteiger partial charge in [-0.05, 0) is 50.4 Å². The lowest BCUT2D eigenvalue weighted by Gasteiger charge is -2.44. The summed E-state index contributed by atoms with van der Waals surface area (Å²) in [5.74, 6) is 1.18. The number of benzene rings is 1. The fraction of sp³-hybridized carbons (Fsp3) is 0.667. The van der Waals surface area contributed by atoms with Gasteiger partial charge in [-0.15, -0.1) is 0 Å². The van der Waals surface area contributed by atoms with Gasteiger partial charge in [0.25, 0.3) is 0 Å². The summed E-state index contributed by atoms with van der Waals surface area (Å²) in [5, 5.41) is 0. The van der Waals surface area contributed by atoms with Gasteiger partial charge in [-0.2, -0.15) is 0 Å². The number of hydrogen-bond donors (Lipinski definition) is 0. The van der Waals surface area contributed by atoms with E-state index in [0.717, 1.165) is 42.8 Å². The van der Waals surface area contributed by atoms with Crippen molar-refractivity contribution >= 4 is 5.91 Å². The molecule has 2 aliphatic rings. The van der Waals surface area contributed by atoms with E-state index in [9.17, 15) is 4.79 Å². The second kappa shape index (κ2) is 8.40. The number of carbonyl (C=O) groups excluding carboxylic acids is 1. The summed E-state index contributed by atoms with van der Waals surface area (Å²) in [7, 11) is 3.73. The molecule has 2 atom stereocenters. The lowest BCUT2D eigenvalue weighted by molar-refractivity contribution is -0.150. The average Bonchev–Trinajstić information content (AvgIpc) is 2.60. The fourth-order valence-electron chi connectivity index (χ4n) is 4.55. The molecule has 0 N–H and O–H groups in total. The van der Waals surface area contributed by atoms with Crippen molar-refractivity contribution in [2.24, 2.45) is 0 Å². The number of amides is 1. The minimum Gasteiger partial charge on any atom is -0.496 e. The van der Waals surface area contributed by atoms with E-state index in [0.29, 0.717) is 13.2 Å². The van der Waals surface area contributed by atoms with Crippen LogP contribution in [0.2, 0.25) is 0 Å². The predicted molar refractivity (Wildman–Crippen MR) is 103 cm³/mol.